The van der Waals surface area contributed by atoms with Gasteiger partial charge in [0.25, 0.3) is 0 Å². The van der Waals surface area contributed by atoms with Crippen molar-refractivity contribution in [3.63, 3.8) is 0 Å². The van der Waals surface area contributed by atoms with E-state index in [4.69, 9.17) is 5.11 Å². The molecule has 0 aliphatic carbocycles. The first-order valence-electron chi connectivity index (χ1n) is 5.49. The molecule has 0 atom stereocenters. The molecule has 0 aliphatic rings. The highest BCUT2D eigenvalue weighted by Crippen LogP contribution is 2.03. The highest BCUT2D eigenvalue weighted by Gasteiger charge is 2.01. The zero-order valence-corrected chi connectivity index (χ0v) is 9.69. The first-order chi connectivity index (χ1) is 7.22. The second-order valence-electron chi connectivity index (χ2n) is 4.04. The number of nitrogens with zero attached hydrogens (tertiary/aromatic N) is 3. The lowest BCUT2D eigenvalue weighted by Crippen LogP contribution is -2.18. The number of aryl methyl sites for hydroxylation is 1. The Kier molecular flexibility index (Phi) is 5.36. The minimum atomic E-state index is 0.312. The summed E-state index contributed by atoms with van der Waals surface area (Å²) in [5.74, 6) is 0. The van der Waals surface area contributed by atoms with Gasteiger partial charge >= 0.3 is 0 Å². The summed E-state index contributed by atoms with van der Waals surface area (Å²) in [5.41, 5.74) is 1.25. The van der Waals surface area contributed by atoms with Crippen LogP contribution in [0.2, 0.25) is 0 Å². The molecule has 1 aromatic rings. The summed E-state index contributed by atoms with van der Waals surface area (Å²) in [4.78, 5) is 2.29. The van der Waals surface area contributed by atoms with E-state index in [1.165, 1.54) is 5.56 Å². The number of aliphatic hydroxyl groups is 1. The number of hydrogen-bond donors (Lipinski definition) is 1. The Labute approximate surface area is 91.5 Å². The predicted octanol–water partition coefficient (Wildman–Crippen LogP) is 1.01. The third kappa shape index (κ3) is 4.95. The minimum absolute atomic E-state index is 0.312. The van der Waals surface area contributed by atoms with Crippen LogP contribution < -0.4 is 0 Å². The Morgan fingerprint density at radius 1 is 1.40 bits per heavy atom. The van der Waals surface area contributed by atoms with Gasteiger partial charge in [-0.3, -0.25) is 4.68 Å². The van der Waals surface area contributed by atoms with Crippen molar-refractivity contribution in [1.82, 2.24) is 14.7 Å². The van der Waals surface area contributed by atoms with Gasteiger partial charge in [0, 0.05) is 32.0 Å². The maximum absolute atomic E-state index is 8.64. The van der Waals surface area contributed by atoms with E-state index >= 15 is 0 Å². The number of unbranched alkanes of at least 4 members (excludes halogenated alkanes) is 2. The van der Waals surface area contributed by atoms with Crippen LogP contribution in [0.15, 0.2) is 12.4 Å². The van der Waals surface area contributed by atoms with Gasteiger partial charge in [0.2, 0.25) is 0 Å². The Balaban J connectivity index is 2.15. The van der Waals surface area contributed by atoms with E-state index in [0.717, 1.165) is 32.4 Å². The van der Waals surface area contributed by atoms with Crippen molar-refractivity contribution >= 4 is 0 Å². The SMILES string of the molecule is CN(CCCCCO)Cc1cnn(C)c1. The summed E-state index contributed by atoms with van der Waals surface area (Å²) in [6, 6.07) is 0. The van der Waals surface area contributed by atoms with Gasteiger partial charge < -0.3 is 10.0 Å². The third-order valence-corrected chi connectivity index (χ3v) is 2.41. The fraction of sp³-hybridized carbons (Fsp3) is 0.727. The average Bonchev–Trinajstić information content (AvgIpc) is 2.59. The van der Waals surface area contributed by atoms with E-state index in [1.807, 2.05) is 24.1 Å². The molecule has 4 nitrogen and oxygen atoms in total. The largest absolute Gasteiger partial charge is 0.396 e. The summed E-state index contributed by atoms with van der Waals surface area (Å²) in [7, 11) is 4.05. The van der Waals surface area contributed by atoms with E-state index in [9.17, 15) is 0 Å². The van der Waals surface area contributed by atoms with Crippen molar-refractivity contribution in [2.75, 3.05) is 20.2 Å². The van der Waals surface area contributed by atoms with Crippen LogP contribution in [0.25, 0.3) is 0 Å². The lowest BCUT2D eigenvalue weighted by Gasteiger charge is -2.14. The molecular weight excluding hydrogens is 190 g/mol. The molecule has 1 aromatic heterocycles. The Morgan fingerprint density at radius 2 is 2.20 bits per heavy atom. The standard InChI is InChI=1S/C11H21N3O/c1-13(6-4-3-5-7-15)9-11-8-12-14(2)10-11/h8,10,15H,3-7,9H2,1-2H3. The molecule has 0 bridgehead atoms. The molecule has 86 valence electrons. The Bertz CT molecular complexity index is 273. The maximum atomic E-state index is 8.64. The monoisotopic (exact) mass is 211 g/mol. The van der Waals surface area contributed by atoms with Crippen molar-refractivity contribution in [3.05, 3.63) is 18.0 Å². The normalized spacial score (nSPS) is 11.2. The van der Waals surface area contributed by atoms with E-state index in [1.54, 1.807) is 0 Å². The smallest absolute Gasteiger partial charge is 0.0534 e. The van der Waals surface area contributed by atoms with Crippen LogP contribution in [-0.2, 0) is 13.6 Å². The van der Waals surface area contributed by atoms with Gasteiger partial charge in [0.1, 0.15) is 0 Å². The summed E-state index contributed by atoms with van der Waals surface area (Å²) in [6.07, 6.45) is 7.13. The molecule has 1 rings (SSSR count). The first-order valence-corrected chi connectivity index (χ1v) is 5.49. The van der Waals surface area contributed by atoms with E-state index < -0.39 is 0 Å². The summed E-state index contributed by atoms with van der Waals surface area (Å²) >= 11 is 0. The van der Waals surface area contributed by atoms with Crippen molar-refractivity contribution < 1.29 is 5.11 Å². The summed E-state index contributed by atoms with van der Waals surface area (Å²) in [5, 5.41) is 12.8. The fourth-order valence-electron chi connectivity index (χ4n) is 1.61. The van der Waals surface area contributed by atoms with Crippen molar-refractivity contribution in [3.8, 4) is 0 Å². The molecule has 1 heterocycles. The molecule has 1 N–H and O–H groups in total. The van der Waals surface area contributed by atoms with E-state index in [0.29, 0.717) is 6.61 Å². The molecular formula is C11H21N3O. The van der Waals surface area contributed by atoms with Crippen molar-refractivity contribution in [2.45, 2.75) is 25.8 Å². The van der Waals surface area contributed by atoms with Gasteiger partial charge in [0.15, 0.2) is 0 Å². The van der Waals surface area contributed by atoms with Crippen LogP contribution >= 0.6 is 0 Å². The maximum Gasteiger partial charge on any atom is 0.0534 e. The van der Waals surface area contributed by atoms with Crippen molar-refractivity contribution in [2.24, 2.45) is 7.05 Å². The van der Waals surface area contributed by atoms with Crippen LogP contribution in [0.5, 0.6) is 0 Å². The predicted molar refractivity (Wildman–Crippen MR) is 60.5 cm³/mol. The second-order valence-corrected chi connectivity index (χ2v) is 4.04. The first kappa shape index (κ1) is 12.2. The number of hydrogen-bond acceptors (Lipinski definition) is 3. The molecule has 0 aromatic carbocycles. The molecule has 0 amide bonds. The fourth-order valence-corrected chi connectivity index (χ4v) is 1.61. The second kappa shape index (κ2) is 6.58. The van der Waals surface area contributed by atoms with Crippen molar-refractivity contribution in [1.29, 1.82) is 0 Å². The third-order valence-electron chi connectivity index (χ3n) is 2.41. The molecule has 0 aliphatic heterocycles. The number of aliphatic hydroxyl groups excluding tert-OH is 1. The molecule has 0 unspecified atom stereocenters. The van der Waals surface area contributed by atoms with E-state index in [2.05, 4.69) is 17.0 Å². The number of rotatable bonds is 7. The van der Waals surface area contributed by atoms with Gasteiger partial charge in [-0.2, -0.15) is 5.10 Å². The minimum Gasteiger partial charge on any atom is -0.396 e. The topological polar surface area (TPSA) is 41.3 Å². The van der Waals surface area contributed by atoms with Crippen LogP contribution in [0, 0.1) is 0 Å². The van der Waals surface area contributed by atoms with Gasteiger partial charge in [-0.05, 0) is 32.9 Å². The molecule has 0 radical (unpaired) electrons. The molecule has 4 heteroatoms. The molecule has 0 spiro atoms. The van der Waals surface area contributed by atoms with Crippen LogP contribution in [0.1, 0.15) is 24.8 Å². The lowest BCUT2D eigenvalue weighted by molar-refractivity contribution is 0.271. The Morgan fingerprint density at radius 3 is 2.80 bits per heavy atom. The van der Waals surface area contributed by atoms with Gasteiger partial charge in [0.05, 0.1) is 6.20 Å². The summed E-state index contributed by atoms with van der Waals surface area (Å²) < 4.78 is 1.83. The van der Waals surface area contributed by atoms with Gasteiger partial charge in [-0.1, -0.05) is 0 Å². The zero-order valence-electron chi connectivity index (χ0n) is 9.69. The number of aromatic nitrogens is 2. The molecule has 15 heavy (non-hydrogen) atoms. The molecule has 0 saturated heterocycles. The lowest BCUT2D eigenvalue weighted by atomic mass is 10.2. The highest BCUT2D eigenvalue weighted by molar-refractivity contribution is 5.02. The molecule has 0 saturated carbocycles. The highest BCUT2D eigenvalue weighted by atomic mass is 16.2. The van der Waals surface area contributed by atoms with Crippen LogP contribution in [0.3, 0.4) is 0 Å². The van der Waals surface area contributed by atoms with Gasteiger partial charge in [-0.25, -0.2) is 0 Å². The van der Waals surface area contributed by atoms with Crippen LogP contribution in [-0.4, -0.2) is 40.0 Å². The van der Waals surface area contributed by atoms with Gasteiger partial charge in [-0.15, -0.1) is 0 Å². The average molecular weight is 211 g/mol. The summed E-state index contributed by atoms with van der Waals surface area (Å²) in [6.45, 7) is 2.34. The van der Waals surface area contributed by atoms with Crippen LogP contribution in [0.4, 0.5) is 0 Å². The zero-order chi connectivity index (χ0) is 11.1. The Hall–Kier alpha value is -0.870. The molecule has 0 fully saturated rings. The van der Waals surface area contributed by atoms with E-state index in [-0.39, 0.29) is 0 Å². The quantitative estimate of drug-likeness (QED) is 0.684.